The molecule has 0 aromatic carbocycles. The van der Waals surface area contributed by atoms with E-state index in [1.165, 1.54) is 285 Å². The Hall–Kier alpha value is 0.117. The van der Waals surface area contributed by atoms with E-state index in [-0.39, 0.29) is 90.3 Å². The van der Waals surface area contributed by atoms with Crippen molar-refractivity contribution in [3.63, 3.8) is 0 Å². The van der Waals surface area contributed by atoms with Crippen molar-refractivity contribution in [3.8, 4) is 0 Å². The Morgan fingerprint density at radius 2 is 0.593 bits per heavy atom. The molecule has 0 aliphatic rings. The van der Waals surface area contributed by atoms with Crippen LogP contribution < -0.4 is 51.9 Å². The smallest absolute Gasteiger partial charge is 0.870 e. The quantitative estimate of drug-likeness (QED) is 0.00981. The molecule has 0 heterocycles. The van der Waals surface area contributed by atoms with E-state index in [0.29, 0.717) is 12.8 Å². The first-order valence-corrected chi connectivity index (χ1v) is 36.3. The van der Waals surface area contributed by atoms with Gasteiger partial charge in [0, 0.05) is 60.6 Å². The number of hydrogen-bond acceptors (Lipinski definition) is 15. The molecule has 0 aromatic rings. The van der Waals surface area contributed by atoms with Gasteiger partial charge in [-0.3, -0.25) is 19.3 Å². The number of carbonyl (C=O) groups excluding carboxylic acids is 2. The summed E-state index contributed by atoms with van der Waals surface area (Å²) in [5, 5.41) is 25.0. The molecule has 0 amide bonds. The number of carboxylic acid groups (broad SMARTS) is 2. The van der Waals surface area contributed by atoms with E-state index in [0.717, 1.165) is 57.8 Å². The summed E-state index contributed by atoms with van der Waals surface area (Å²) in [5.74, 6) is 2.65. The van der Waals surface area contributed by atoms with Gasteiger partial charge in [0.05, 0.1) is 14.2 Å². The Bertz CT molecular complexity index is 1360. The SMILES string of the molecule is C.CCCCCCCCCCCCCCC(Br)C(=O)OC.CCCCCCCCCCCCCCC(ON)C(=O)O.CCCCCCCCCCCCCCC(ONC)C(=O)O.CCCCCCCCCCCCCCC(ONC)C(=O)OC.CNO.[2H][B].[Na+].[OH-].[U]. The molecule has 0 saturated heterocycles. The minimum Gasteiger partial charge on any atom is -0.870 e. The van der Waals surface area contributed by atoms with Gasteiger partial charge in [0.25, 0.3) is 0 Å². The topological polar surface area (TPSA) is 267 Å². The van der Waals surface area contributed by atoms with Gasteiger partial charge < -0.3 is 30.4 Å². The van der Waals surface area contributed by atoms with E-state index in [9.17, 15) is 19.2 Å². The molecule has 0 aliphatic carbocycles. The number of aliphatic carboxylic acids is 2. The fourth-order valence-electron chi connectivity index (χ4n) is 10.0. The Morgan fingerprint density at radius 3 is 0.791 bits per heavy atom. The Balaban J connectivity index is -0.000000117. The number of carboxylic acids is 2. The first-order valence-electron chi connectivity index (χ1n) is 36.0. The van der Waals surface area contributed by atoms with Crippen molar-refractivity contribution < 1.29 is 125 Å². The number of alkyl halides is 1. The molecule has 0 aromatic heterocycles. The van der Waals surface area contributed by atoms with Crippen LogP contribution in [0.25, 0.3) is 0 Å². The van der Waals surface area contributed by atoms with Crippen LogP contribution in [0, 0.1) is 31.1 Å². The maximum atomic E-state index is 11.4. The molecule has 0 rings (SSSR count). The van der Waals surface area contributed by atoms with E-state index in [1.54, 1.807) is 19.6 Å². The molecule has 91 heavy (non-hydrogen) atoms. The van der Waals surface area contributed by atoms with Gasteiger partial charge in [0.15, 0.2) is 18.3 Å². The standard InChI is InChI=1S/C18H37NO3.C17H33BrO2.C17H35NO3.C16H33NO3.CH5NO.CH4.BH.Na.H2O.U/c1-4-5-6-7-8-9-10-11-12-13-14-15-16-17(22-19-2)18(20)21-3;1-3-4-5-6-7-8-9-10-11-12-13-14-15-16(18)17(19)20-2;1-3-4-5-6-7-8-9-10-11-12-13-14-15-16(17(19)20)21-18-2;1-2-3-4-5-6-7-8-9-10-11-12-13-14-15(20-17)16(18)19;1-2-3;;;;;/h17,19H,4-16H2,1-3H3;16H,3-15H2,1-2H3;16,18H,3-15H2,1-2H3,(H,19,20);15H,2-14,17H2,1H3,(H,18,19);2-3H,1H3;1H4;1H;;1H2;/q;;;;;;;+1;;/p-1/i;;;;;;1D;;;. The maximum Gasteiger partial charge on any atom is 1.00 e. The first kappa shape index (κ1) is 110. The van der Waals surface area contributed by atoms with Gasteiger partial charge in [-0.1, -0.05) is 359 Å². The molecule has 21 heteroatoms. The van der Waals surface area contributed by atoms with Crippen LogP contribution in [-0.2, 0) is 43.2 Å². The predicted molar refractivity (Wildman–Crippen MR) is 378 cm³/mol. The Labute approximate surface area is 619 Å². The monoisotopic (exact) mass is 1610 g/mol. The minimum absolute atomic E-state index is 0. The second-order valence-electron chi connectivity index (χ2n) is 23.4. The predicted octanol–water partition coefficient (Wildman–Crippen LogP) is 16.3. The molecule has 0 bridgehead atoms. The van der Waals surface area contributed by atoms with Crippen LogP contribution >= 0.6 is 15.9 Å². The van der Waals surface area contributed by atoms with Crippen molar-refractivity contribution in [1.29, 1.82) is 1.34 Å². The minimum atomic E-state index is -0.962. The van der Waals surface area contributed by atoms with Crippen molar-refractivity contribution in [2.45, 2.75) is 392 Å². The van der Waals surface area contributed by atoms with Crippen molar-refractivity contribution in [2.24, 2.45) is 5.90 Å². The summed E-state index contributed by atoms with van der Waals surface area (Å²) in [6, 6.07) is 0. The third-order valence-corrected chi connectivity index (χ3v) is 16.3. The fourth-order valence-corrected chi connectivity index (χ4v) is 10.6. The third kappa shape index (κ3) is 98.9. The zero-order chi connectivity index (χ0) is 67.0. The molecule has 4 unspecified atom stereocenters. The van der Waals surface area contributed by atoms with Gasteiger partial charge in [-0.25, -0.2) is 36.7 Å². The zero-order valence-electron chi connectivity index (χ0n) is 61.1. The van der Waals surface area contributed by atoms with Gasteiger partial charge in [0.2, 0.25) is 0 Å². The van der Waals surface area contributed by atoms with Crippen molar-refractivity contribution in [3.05, 3.63) is 0 Å². The second-order valence-corrected chi connectivity index (χ2v) is 24.5. The van der Waals surface area contributed by atoms with Gasteiger partial charge >= 0.3 is 53.4 Å². The number of esters is 2. The number of rotatable bonds is 61. The van der Waals surface area contributed by atoms with Gasteiger partial charge in [-0.2, -0.15) is 0 Å². The van der Waals surface area contributed by atoms with E-state index >= 15 is 0 Å². The van der Waals surface area contributed by atoms with Crippen molar-refractivity contribution >= 4 is 48.2 Å². The van der Waals surface area contributed by atoms with Gasteiger partial charge in [-0.05, 0) is 27.0 Å². The van der Waals surface area contributed by atoms with Crippen LogP contribution in [0.2, 0.25) is 0 Å². The van der Waals surface area contributed by atoms with Gasteiger partial charge in [-0.15, -0.1) is 0 Å². The molecule has 0 spiro atoms. The van der Waals surface area contributed by atoms with Crippen LogP contribution in [-0.4, -0.2) is 113 Å². The number of nitrogens with two attached hydrogens (primary N) is 1. The largest absolute Gasteiger partial charge is 1.00 e. The van der Waals surface area contributed by atoms with Crippen LogP contribution in [0.5, 0.6) is 0 Å². The third-order valence-electron chi connectivity index (χ3n) is 15.4. The van der Waals surface area contributed by atoms with Crippen LogP contribution in [0.3, 0.4) is 0 Å². The van der Waals surface area contributed by atoms with E-state index in [1.807, 2.05) is 0 Å². The number of ether oxygens (including phenoxy) is 2. The first-order chi connectivity index (χ1) is 42.8. The number of carbonyl (C=O) groups is 4. The average Bonchev–Trinajstić information content (AvgIpc) is 3.69. The molecule has 4 atom stereocenters. The molecular formula is C70H149BBrN4NaO13U. The molecule has 0 fully saturated rings. The molecule has 2 radical (unpaired) electrons. The fraction of sp³-hybridized carbons (Fsp3) is 0.943. The zero-order valence-corrected chi connectivity index (χ0v) is 67.8. The average molecular weight is 1610 g/mol. The maximum absolute atomic E-state index is 11.4. The van der Waals surface area contributed by atoms with Crippen LogP contribution in [0.15, 0.2) is 0 Å². The summed E-state index contributed by atoms with van der Waals surface area (Å²) in [5.41, 5.74) is 6.79. The molecule has 9 N–H and O–H groups in total. The van der Waals surface area contributed by atoms with Crippen molar-refractivity contribution in [2.75, 3.05) is 35.4 Å². The number of methoxy groups -OCH3 is 2. The molecular weight excluding hydrogens is 1460 g/mol. The molecule has 17 nitrogen and oxygen atoms in total. The van der Waals surface area contributed by atoms with Crippen molar-refractivity contribution in [1.82, 2.24) is 16.4 Å². The number of halogens is 1. The van der Waals surface area contributed by atoms with E-state index < -0.39 is 30.3 Å². The number of nitrogens with one attached hydrogen (secondary N) is 3. The summed E-state index contributed by atoms with van der Waals surface area (Å²) in [4.78, 5) is 58.6. The van der Waals surface area contributed by atoms with E-state index in [4.69, 9.17) is 37.1 Å². The molecule has 542 valence electrons. The molecule has 0 aliphatic heterocycles. The second kappa shape index (κ2) is 101. The summed E-state index contributed by atoms with van der Waals surface area (Å²) >= 11 is 3.36. The summed E-state index contributed by atoms with van der Waals surface area (Å²) in [6.07, 6.45) is 63.5. The van der Waals surface area contributed by atoms with E-state index in [2.05, 4.69) is 72.5 Å². The number of unbranched alkanes of at least 4 members (excludes halogenated alkanes) is 44. The normalized spacial score (nSPS) is 11.6. The number of hydroxylamine groups is 3. The number of hydrogen-bond donors (Lipinski definition) is 7. The Kier molecular flexibility index (Phi) is 122. The summed E-state index contributed by atoms with van der Waals surface area (Å²) < 4.78 is 14.7. The van der Waals surface area contributed by atoms with Crippen LogP contribution in [0.1, 0.15) is 369 Å². The van der Waals surface area contributed by atoms with Crippen LogP contribution in [0.4, 0.5) is 0 Å². The summed E-state index contributed by atoms with van der Waals surface area (Å²) in [7, 11) is 11.3. The summed E-state index contributed by atoms with van der Waals surface area (Å²) in [6.45, 7) is 9.03. The molecule has 0 saturated carbocycles. The Morgan fingerprint density at radius 1 is 0.407 bits per heavy atom. The van der Waals surface area contributed by atoms with Gasteiger partial charge in [0.1, 0.15) is 4.83 Å².